The van der Waals surface area contributed by atoms with E-state index in [1.165, 1.54) is 0 Å². The molecule has 0 aliphatic carbocycles. The lowest BCUT2D eigenvalue weighted by atomic mass is 10.0. The summed E-state index contributed by atoms with van der Waals surface area (Å²) in [6, 6.07) is 5.87. The van der Waals surface area contributed by atoms with Gasteiger partial charge in [-0.2, -0.15) is 0 Å². The van der Waals surface area contributed by atoms with Crippen LogP contribution in [0, 0.1) is 6.92 Å². The summed E-state index contributed by atoms with van der Waals surface area (Å²) in [5, 5.41) is 17.8. The standard InChI is InChI=1S/C19H28N2O4.CH2O2/c1-15-3-4-17(24-2)16(11-15)12-18(22)21-6-5-19(23,14-21)13-20-7-9-25-10-8-20;2-1-3/h3-4,11,23H,5-10,12-14H2,1-2H3;1H,(H,2,3). The van der Waals surface area contributed by atoms with Gasteiger partial charge in [-0.1, -0.05) is 17.7 Å². The summed E-state index contributed by atoms with van der Waals surface area (Å²) in [4.78, 5) is 25.1. The number of hydrogen-bond donors (Lipinski definition) is 2. The molecular weight excluding hydrogens is 364 g/mol. The maximum absolute atomic E-state index is 12.7. The molecule has 0 aromatic heterocycles. The molecule has 3 rings (SSSR count). The van der Waals surface area contributed by atoms with Crippen molar-refractivity contribution in [2.45, 2.75) is 25.4 Å². The highest BCUT2D eigenvalue weighted by Crippen LogP contribution is 2.26. The van der Waals surface area contributed by atoms with Crippen LogP contribution in [0.3, 0.4) is 0 Å². The number of β-amino-alcohol motifs (C(OH)–C–C–N with tert-alkyl or cyclic N) is 1. The number of aliphatic hydroxyl groups is 1. The van der Waals surface area contributed by atoms with Crippen molar-refractivity contribution in [1.29, 1.82) is 0 Å². The Morgan fingerprint density at radius 3 is 2.64 bits per heavy atom. The third kappa shape index (κ3) is 6.19. The van der Waals surface area contributed by atoms with Gasteiger partial charge in [-0.15, -0.1) is 0 Å². The van der Waals surface area contributed by atoms with Crippen LogP contribution in [0.4, 0.5) is 0 Å². The van der Waals surface area contributed by atoms with Crippen molar-refractivity contribution in [3.63, 3.8) is 0 Å². The SMILES string of the molecule is COc1ccc(C)cc1CC(=O)N1CCC(O)(CN2CCOCC2)C1.O=CO. The van der Waals surface area contributed by atoms with E-state index in [-0.39, 0.29) is 12.4 Å². The number of carboxylic acid groups (broad SMARTS) is 1. The normalized spacial score (nSPS) is 22.3. The predicted molar refractivity (Wildman–Crippen MR) is 104 cm³/mol. The second kappa shape index (κ2) is 10.4. The molecule has 2 saturated heterocycles. The Balaban J connectivity index is 0.000000878. The molecule has 0 bridgehead atoms. The maximum Gasteiger partial charge on any atom is 0.290 e. The number of morpholine rings is 1. The number of benzene rings is 1. The van der Waals surface area contributed by atoms with Crippen LogP contribution in [0.15, 0.2) is 18.2 Å². The molecule has 2 aliphatic rings. The molecule has 0 saturated carbocycles. The molecule has 1 aromatic rings. The van der Waals surface area contributed by atoms with Crippen LogP contribution < -0.4 is 4.74 Å². The first-order valence-corrected chi connectivity index (χ1v) is 9.42. The summed E-state index contributed by atoms with van der Waals surface area (Å²) in [5.74, 6) is 0.781. The third-order valence-corrected chi connectivity index (χ3v) is 5.08. The van der Waals surface area contributed by atoms with Crippen molar-refractivity contribution in [2.24, 2.45) is 0 Å². The van der Waals surface area contributed by atoms with E-state index in [0.29, 0.717) is 45.7 Å². The number of methoxy groups -OCH3 is 1. The second-order valence-electron chi connectivity index (χ2n) is 7.28. The third-order valence-electron chi connectivity index (χ3n) is 5.08. The Morgan fingerprint density at radius 2 is 2.00 bits per heavy atom. The van der Waals surface area contributed by atoms with Gasteiger partial charge in [-0.3, -0.25) is 14.5 Å². The Hall–Kier alpha value is -2.16. The molecule has 0 spiro atoms. The van der Waals surface area contributed by atoms with Crippen molar-refractivity contribution in [2.75, 3.05) is 53.0 Å². The first-order chi connectivity index (χ1) is 13.4. The van der Waals surface area contributed by atoms with Crippen LogP contribution >= 0.6 is 0 Å². The minimum Gasteiger partial charge on any atom is -0.496 e. The summed E-state index contributed by atoms with van der Waals surface area (Å²) in [5.41, 5.74) is 1.19. The molecule has 1 unspecified atom stereocenters. The van der Waals surface area contributed by atoms with Crippen molar-refractivity contribution in [3.05, 3.63) is 29.3 Å². The quantitative estimate of drug-likeness (QED) is 0.703. The number of likely N-dealkylation sites (tertiary alicyclic amines) is 1. The van der Waals surface area contributed by atoms with Gasteiger partial charge in [0.25, 0.3) is 6.47 Å². The lowest BCUT2D eigenvalue weighted by Crippen LogP contribution is -2.49. The van der Waals surface area contributed by atoms with Crippen LogP contribution in [0.25, 0.3) is 0 Å². The largest absolute Gasteiger partial charge is 0.496 e. The summed E-state index contributed by atoms with van der Waals surface area (Å²) >= 11 is 0. The van der Waals surface area contributed by atoms with Crippen LogP contribution in [-0.2, 0) is 20.7 Å². The van der Waals surface area contributed by atoms with Gasteiger partial charge in [-0.25, -0.2) is 0 Å². The smallest absolute Gasteiger partial charge is 0.290 e. The van der Waals surface area contributed by atoms with E-state index in [0.717, 1.165) is 30.0 Å². The number of carbonyl (C=O) groups is 2. The molecule has 156 valence electrons. The number of hydrogen-bond acceptors (Lipinski definition) is 6. The van der Waals surface area contributed by atoms with Crippen LogP contribution in [0.2, 0.25) is 0 Å². The van der Waals surface area contributed by atoms with E-state index in [9.17, 15) is 9.90 Å². The molecule has 1 amide bonds. The topological polar surface area (TPSA) is 99.5 Å². The van der Waals surface area contributed by atoms with Gasteiger partial charge < -0.3 is 24.6 Å². The zero-order valence-corrected chi connectivity index (χ0v) is 16.6. The van der Waals surface area contributed by atoms with Gasteiger partial charge in [-0.05, 0) is 19.4 Å². The van der Waals surface area contributed by atoms with Crippen LogP contribution in [-0.4, -0.2) is 91.0 Å². The fourth-order valence-corrected chi connectivity index (χ4v) is 3.69. The van der Waals surface area contributed by atoms with Gasteiger partial charge in [0, 0.05) is 31.7 Å². The first-order valence-electron chi connectivity index (χ1n) is 9.42. The molecule has 28 heavy (non-hydrogen) atoms. The Kier molecular flexibility index (Phi) is 8.22. The van der Waals surface area contributed by atoms with Crippen molar-refractivity contribution >= 4 is 12.4 Å². The molecular formula is C20H30N2O6. The van der Waals surface area contributed by atoms with E-state index in [1.54, 1.807) is 12.0 Å². The Bertz CT molecular complexity index is 662. The average molecular weight is 394 g/mol. The molecule has 8 heteroatoms. The number of ether oxygens (including phenoxy) is 2. The number of amides is 1. The molecule has 2 N–H and O–H groups in total. The average Bonchev–Trinajstić information content (AvgIpc) is 3.05. The lowest BCUT2D eigenvalue weighted by molar-refractivity contribution is -0.130. The molecule has 1 atom stereocenters. The van der Waals surface area contributed by atoms with E-state index < -0.39 is 5.60 Å². The summed E-state index contributed by atoms with van der Waals surface area (Å²) < 4.78 is 10.7. The number of aryl methyl sites for hydroxylation is 1. The molecule has 1 aromatic carbocycles. The maximum atomic E-state index is 12.7. The first kappa shape index (κ1) is 22.1. The highest BCUT2D eigenvalue weighted by atomic mass is 16.5. The van der Waals surface area contributed by atoms with Crippen LogP contribution in [0.1, 0.15) is 17.5 Å². The van der Waals surface area contributed by atoms with Gasteiger partial charge in [0.2, 0.25) is 5.91 Å². The van der Waals surface area contributed by atoms with Crippen molar-refractivity contribution in [3.8, 4) is 5.75 Å². The number of carbonyl (C=O) groups excluding carboxylic acids is 1. The minimum atomic E-state index is -0.816. The van der Waals surface area contributed by atoms with Crippen molar-refractivity contribution in [1.82, 2.24) is 9.80 Å². The fourth-order valence-electron chi connectivity index (χ4n) is 3.69. The van der Waals surface area contributed by atoms with Crippen molar-refractivity contribution < 1.29 is 29.3 Å². The van der Waals surface area contributed by atoms with E-state index in [4.69, 9.17) is 19.4 Å². The Labute approximate surface area is 165 Å². The molecule has 2 aliphatic heterocycles. The van der Waals surface area contributed by atoms with Crippen LogP contribution in [0.5, 0.6) is 5.75 Å². The van der Waals surface area contributed by atoms with Gasteiger partial charge in [0.15, 0.2) is 0 Å². The van der Waals surface area contributed by atoms with Gasteiger partial charge in [0.05, 0.1) is 38.9 Å². The molecule has 2 fully saturated rings. The van der Waals surface area contributed by atoms with E-state index in [1.807, 2.05) is 25.1 Å². The summed E-state index contributed by atoms with van der Waals surface area (Å²) in [6.45, 7) is 6.48. The monoisotopic (exact) mass is 394 g/mol. The van der Waals surface area contributed by atoms with Gasteiger partial charge >= 0.3 is 0 Å². The highest BCUT2D eigenvalue weighted by Gasteiger charge is 2.39. The summed E-state index contributed by atoms with van der Waals surface area (Å²) in [6.07, 6.45) is 0.930. The fraction of sp³-hybridized carbons (Fsp3) is 0.600. The second-order valence-corrected chi connectivity index (χ2v) is 7.28. The van der Waals surface area contributed by atoms with Gasteiger partial charge in [0.1, 0.15) is 5.75 Å². The number of nitrogens with zero attached hydrogens (tertiary/aromatic N) is 2. The zero-order chi connectivity index (χ0) is 20.6. The van der Waals surface area contributed by atoms with E-state index in [2.05, 4.69) is 4.90 Å². The zero-order valence-electron chi connectivity index (χ0n) is 16.6. The predicted octanol–water partition coefficient (Wildman–Crippen LogP) is 0.543. The molecule has 0 radical (unpaired) electrons. The number of rotatable bonds is 5. The highest BCUT2D eigenvalue weighted by molar-refractivity contribution is 5.80. The molecule has 2 heterocycles. The lowest BCUT2D eigenvalue weighted by Gasteiger charge is -2.33. The van der Waals surface area contributed by atoms with E-state index >= 15 is 0 Å². The minimum absolute atomic E-state index is 0.0433. The Morgan fingerprint density at radius 1 is 1.32 bits per heavy atom. The summed E-state index contributed by atoms with van der Waals surface area (Å²) in [7, 11) is 1.62. The molecule has 8 nitrogen and oxygen atoms in total.